The summed E-state index contributed by atoms with van der Waals surface area (Å²) >= 11 is 6.26. The Balaban J connectivity index is 1.41. The Hall–Kier alpha value is -4.38. The van der Waals surface area contributed by atoms with Crippen molar-refractivity contribution in [1.82, 2.24) is 9.62 Å². The first-order valence-electron chi connectivity index (χ1n) is 13.5. The number of anilines is 1. The minimum atomic E-state index is -4.19. The van der Waals surface area contributed by atoms with Crippen LogP contribution in [0.25, 0.3) is 0 Å². The van der Waals surface area contributed by atoms with Crippen molar-refractivity contribution in [2.24, 2.45) is 0 Å². The highest BCUT2D eigenvalue weighted by atomic mass is 35.5. The normalized spacial score (nSPS) is 14.5. The molecule has 0 aliphatic carbocycles. The molecule has 11 heteroatoms. The molecule has 2 amide bonds. The fourth-order valence-corrected chi connectivity index (χ4v) is 6.44. The number of nitrogens with one attached hydrogen (secondary N) is 1. The van der Waals surface area contributed by atoms with E-state index in [1.54, 1.807) is 48.5 Å². The maximum Gasteiger partial charge on any atom is 0.263 e. The van der Waals surface area contributed by atoms with E-state index in [-0.39, 0.29) is 23.0 Å². The second-order valence-corrected chi connectivity index (χ2v) is 12.2. The third-order valence-corrected chi connectivity index (χ3v) is 9.03. The summed E-state index contributed by atoms with van der Waals surface area (Å²) in [5, 5.41) is 2.99. The molecule has 0 saturated carbocycles. The summed E-state index contributed by atoms with van der Waals surface area (Å²) in [6, 6.07) is 29.4. The number of hydrogen-bond acceptors (Lipinski definition) is 6. The quantitative estimate of drug-likeness (QED) is 0.277. The van der Waals surface area contributed by atoms with E-state index < -0.39 is 34.5 Å². The molecule has 222 valence electrons. The number of carbonyl (C=O) groups is 2. The largest absolute Gasteiger partial charge is 0.495 e. The van der Waals surface area contributed by atoms with E-state index in [1.807, 2.05) is 36.4 Å². The third kappa shape index (κ3) is 6.99. The van der Waals surface area contributed by atoms with Crippen LogP contribution in [0, 0.1) is 0 Å². The van der Waals surface area contributed by atoms with Crippen LogP contribution in [0.3, 0.4) is 0 Å². The number of fused-ring (bicyclic) bond motifs is 1. The van der Waals surface area contributed by atoms with Gasteiger partial charge in [-0.2, -0.15) is 4.31 Å². The van der Waals surface area contributed by atoms with Gasteiger partial charge in [-0.1, -0.05) is 84.4 Å². The summed E-state index contributed by atoms with van der Waals surface area (Å²) in [4.78, 5) is 28.4. The van der Waals surface area contributed by atoms with Gasteiger partial charge in [0.1, 0.15) is 11.5 Å². The van der Waals surface area contributed by atoms with Gasteiger partial charge in [0.2, 0.25) is 15.9 Å². The van der Waals surface area contributed by atoms with Gasteiger partial charge in [-0.25, -0.2) is 8.42 Å². The highest BCUT2D eigenvalue weighted by Crippen LogP contribution is 2.34. The van der Waals surface area contributed by atoms with Crippen LogP contribution in [0.15, 0.2) is 108 Å². The molecule has 0 fully saturated rings. The van der Waals surface area contributed by atoms with E-state index in [9.17, 15) is 18.0 Å². The maximum absolute atomic E-state index is 13.9. The van der Waals surface area contributed by atoms with Crippen molar-refractivity contribution in [2.75, 3.05) is 25.1 Å². The predicted octanol–water partition coefficient (Wildman–Crippen LogP) is 4.65. The molecule has 0 radical (unpaired) electrons. The molecule has 0 aromatic heterocycles. The van der Waals surface area contributed by atoms with Gasteiger partial charge in [0.15, 0.2) is 6.10 Å². The van der Waals surface area contributed by atoms with E-state index in [4.69, 9.17) is 21.1 Å². The average Bonchev–Trinajstić information content (AvgIpc) is 3.03. The lowest BCUT2D eigenvalue weighted by Crippen LogP contribution is -2.52. The molecule has 0 spiro atoms. The average molecular weight is 620 g/mol. The van der Waals surface area contributed by atoms with Gasteiger partial charge in [0, 0.05) is 13.1 Å². The molecule has 1 aliphatic rings. The summed E-state index contributed by atoms with van der Waals surface area (Å²) in [7, 11) is -2.76. The number of methoxy groups -OCH3 is 1. The Morgan fingerprint density at radius 2 is 1.60 bits per heavy atom. The van der Waals surface area contributed by atoms with Gasteiger partial charge in [0.25, 0.3) is 5.91 Å². The molecule has 1 N–H and O–H groups in total. The topological polar surface area (TPSA) is 105 Å². The van der Waals surface area contributed by atoms with Gasteiger partial charge in [0.05, 0.1) is 35.8 Å². The lowest BCUT2D eigenvalue weighted by atomic mass is 10.1. The summed E-state index contributed by atoms with van der Waals surface area (Å²) in [6.07, 6.45) is -0.998. The van der Waals surface area contributed by atoms with Crippen LogP contribution in [0.4, 0.5) is 5.69 Å². The lowest BCUT2D eigenvalue weighted by Gasteiger charge is -2.35. The van der Waals surface area contributed by atoms with Crippen LogP contribution < -0.4 is 19.7 Å². The monoisotopic (exact) mass is 619 g/mol. The van der Waals surface area contributed by atoms with E-state index >= 15 is 0 Å². The highest BCUT2D eigenvalue weighted by Gasteiger charge is 2.36. The molecule has 1 heterocycles. The number of rotatable bonds is 10. The lowest BCUT2D eigenvalue weighted by molar-refractivity contribution is -0.128. The summed E-state index contributed by atoms with van der Waals surface area (Å²) in [5.74, 6) is -0.234. The molecule has 1 atom stereocenters. The van der Waals surface area contributed by atoms with Gasteiger partial charge >= 0.3 is 0 Å². The number of ether oxygens (including phenoxy) is 2. The zero-order valence-corrected chi connectivity index (χ0v) is 24.9. The molecule has 5 rings (SSSR count). The Kier molecular flexibility index (Phi) is 9.30. The molecular weight excluding hydrogens is 590 g/mol. The third-order valence-electron chi connectivity index (χ3n) is 6.95. The Morgan fingerprint density at radius 1 is 0.953 bits per heavy atom. The van der Waals surface area contributed by atoms with Crippen LogP contribution in [0.1, 0.15) is 11.1 Å². The summed E-state index contributed by atoms with van der Waals surface area (Å²) in [5.41, 5.74) is 2.06. The minimum Gasteiger partial charge on any atom is -0.495 e. The molecule has 9 nitrogen and oxygen atoms in total. The van der Waals surface area contributed by atoms with Gasteiger partial charge in [-0.3, -0.25) is 9.59 Å². The van der Waals surface area contributed by atoms with E-state index in [0.717, 1.165) is 9.87 Å². The number of amides is 2. The fourth-order valence-electron chi connectivity index (χ4n) is 4.71. The second kappa shape index (κ2) is 13.3. The van der Waals surface area contributed by atoms with Crippen molar-refractivity contribution < 1.29 is 27.5 Å². The first-order valence-corrected chi connectivity index (χ1v) is 15.3. The molecule has 43 heavy (non-hydrogen) atoms. The van der Waals surface area contributed by atoms with Crippen molar-refractivity contribution in [1.29, 1.82) is 0 Å². The van der Waals surface area contributed by atoms with Crippen LogP contribution in [-0.2, 0) is 32.7 Å². The zero-order chi connectivity index (χ0) is 30.4. The standard InChI is InChI=1S/C32H30ClN3O6S/c1-41-28-17-16-25(18-26(28)33)43(39,40)35(20-24-12-6-3-7-13-24)22-31(37)36-21-30(42-29-15-9-8-14-27(29)36)32(38)34-19-23-10-4-2-5-11-23/h2-18,30H,19-22H2,1H3,(H,34,38)/t30-/m0/s1. The molecule has 0 saturated heterocycles. The molecule has 4 aromatic rings. The minimum absolute atomic E-state index is 0.0639. The van der Waals surface area contributed by atoms with Crippen molar-refractivity contribution in [2.45, 2.75) is 24.1 Å². The van der Waals surface area contributed by atoms with Crippen LogP contribution in [0.5, 0.6) is 11.5 Å². The zero-order valence-electron chi connectivity index (χ0n) is 23.4. The number of benzene rings is 4. The highest BCUT2D eigenvalue weighted by molar-refractivity contribution is 7.89. The van der Waals surface area contributed by atoms with Gasteiger partial charge in [-0.05, 0) is 41.5 Å². The molecule has 0 bridgehead atoms. The van der Waals surface area contributed by atoms with E-state index in [0.29, 0.717) is 29.3 Å². The summed E-state index contributed by atoms with van der Waals surface area (Å²) < 4.78 is 40.1. The van der Waals surface area contributed by atoms with Gasteiger partial charge < -0.3 is 19.7 Å². The summed E-state index contributed by atoms with van der Waals surface area (Å²) in [6.45, 7) is -0.355. The van der Waals surface area contributed by atoms with Crippen molar-refractivity contribution in [3.05, 3.63) is 119 Å². The van der Waals surface area contributed by atoms with Crippen molar-refractivity contribution in [3.63, 3.8) is 0 Å². The number of halogens is 1. The van der Waals surface area contributed by atoms with E-state index in [1.165, 1.54) is 30.2 Å². The number of hydrogen-bond donors (Lipinski definition) is 1. The fraction of sp³-hybridized carbons (Fsp3) is 0.188. The number of para-hydroxylation sites is 2. The second-order valence-electron chi connectivity index (χ2n) is 9.84. The SMILES string of the molecule is COc1ccc(S(=O)(=O)N(CC(=O)N2C[C@@H](C(=O)NCc3ccccc3)Oc3ccccc32)Cc2ccccc2)cc1Cl. The molecule has 0 unspecified atom stereocenters. The first-order chi connectivity index (χ1) is 20.8. The van der Waals surface area contributed by atoms with Gasteiger partial charge in [-0.15, -0.1) is 0 Å². The van der Waals surface area contributed by atoms with Crippen LogP contribution in [-0.4, -0.2) is 50.8 Å². The first kappa shape index (κ1) is 30.1. The smallest absolute Gasteiger partial charge is 0.263 e. The number of carbonyl (C=O) groups excluding carboxylic acids is 2. The number of sulfonamides is 1. The Morgan fingerprint density at radius 3 is 2.28 bits per heavy atom. The molecular formula is C32H30ClN3O6S. The molecule has 4 aromatic carbocycles. The predicted molar refractivity (Wildman–Crippen MR) is 164 cm³/mol. The number of nitrogens with zero attached hydrogens (tertiary/aromatic N) is 2. The van der Waals surface area contributed by atoms with Crippen molar-refractivity contribution >= 4 is 39.1 Å². The van der Waals surface area contributed by atoms with Crippen molar-refractivity contribution in [3.8, 4) is 11.5 Å². The Bertz CT molecular complexity index is 1700. The van der Waals surface area contributed by atoms with Crippen LogP contribution in [0.2, 0.25) is 5.02 Å². The van der Waals surface area contributed by atoms with E-state index in [2.05, 4.69) is 5.32 Å². The maximum atomic E-state index is 13.9. The van der Waals surface area contributed by atoms with Crippen LogP contribution >= 0.6 is 11.6 Å². The molecule has 1 aliphatic heterocycles. The Labute approximate surface area is 255 Å².